The molecule has 112 valence electrons. The largest absolute Gasteiger partial charge is 0.330 e. The van der Waals surface area contributed by atoms with Gasteiger partial charge >= 0.3 is 0 Å². The van der Waals surface area contributed by atoms with Gasteiger partial charge in [-0.05, 0) is 71.5 Å². The molecule has 0 saturated heterocycles. The molecule has 0 saturated carbocycles. The van der Waals surface area contributed by atoms with Crippen LogP contribution >= 0.6 is 34.2 Å². The van der Waals surface area contributed by atoms with E-state index in [-0.39, 0.29) is 4.90 Å². The Hall–Kier alpha value is -0.830. The Morgan fingerprint density at radius 3 is 2.38 bits per heavy atom. The van der Waals surface area contributed by atoms with Crippen LogP contribution in [0.3, 0.4) is 0 Å². The van der Waals surface area contributed by atoms with Gasteiger partial charge in [-0.1, -0.05) is 23.7 Å². The second kappa shape index (κ2) is 6.95. The number of rotatable bonds is 5. The number of benzene rings is 2. The molecule has 7 heteroatoms. The van der Waals surface area contributed by atoms with Crippen molar-refractivity contribution in [2.75, 3.05) is 11.3 Å². The predicted molar refractivity (Wildman–Crippen MR) is 94.2 cm³/mol. The molecule has 0 bridgehead atoms. The van der Waals surface area contributed by atoms with Crippen molar-refractivity contribution in [2.24, 2.45) is 5.73 Å². The molecule has 2 aromatic rings. The minimum atomic E-state index is -3.65. The molecule has 4 nitrogen and oxygen atoms in total. The lowest BCUT2D eigenvalue weighted by atomic mass is 10.2. The van der Waals surface area contributed by atoms with Gasteiger partial charge in [0.15, 0.2) is 0 Å². The fourth-order valence-corrected chi connectivity index (χ4v) is 3.82. The first-order valence-electron chi connectivity index (χ1n) is 6.19. The number of nitrogens with two attached hydrogens (primary N) is 1. The molecule has 0 unspecified atom stereocenters. The number of sulfonamides is 1. The lowest BCUT2D eigenvalue weighted by Gasteiger charge is -2.10. The molecule has 0 aromatic heterocycles. The number of hydrogen-bond acceptors (Lipinski definition) is 3. The van der Waals surface area contributed by atoms with Crippen LogP contribution in [0.1, 0.15) is 5.56 Å². The Balaban J connectivity index is 2.25. The minimum Gasteiger partial charge on any atom is -0.330 e. The van der Waals surface area contributed by atoms with E-state index in [0.717, 1.165) is 15.6 Å². The fraction of sp³-hybridized carbons (Fsp3) is 0.143. The number of anilines is 1. The monoisotopic (exact) mass is 436 g/mol. The second-order valence-electron chi connectivity index (χ2n) is 4.41. The maximum Gasteiger partial charge on any atom is 0.261 e. The van der Waals surface area contributed by atoms with Crippen LogP contribution in [0.2, 0.25) is 5.02 Å². The highest BCUT2D eigenvalue weighted by Crippen LogP contribution is 2.26. The Morgan fingerprint density at radius 1 is 1.14 bits per heavy atom. The summed E-state index contributed by atoms with van der Waals surface area (Å²) in [7, 11) is -3.65. The van der Waals surface area contributed by atoms with Gasteiger partial charge in [-0.25, -0.2) is 8.42 Å². The van der Waals surface area contributed by atoms with Gasteiger partial charge in [0.1, 0.15) is 0 Å². The zero-order valence-electron chi connectivity index (χ0n) is 11.0. The van der Waals surface area contributed by atoms with Crippen LogP contribution < -0.4 is 10.5 Å². The van der Waals surface area contributed by atoms with Crippen LogP contribution in [-0.4, -0.2) is 15.0 Å². The lowest BCUT2D eigenvalue weighted by molar-refractivity contribution is 0.601. The third kappa shape index (κ3) is 4.32. The smallest absolute Gasteiger partial charge is 0.261 e. The molecule has 0 spiro atoms. The third-order valence-corrected chi connectivity index (χ3v) is 5.21. The highest BCUT2D eigenvalue weighted by molar-refractivity contribution is 14.1. The fourth-order valence-electron chi connectivity index (χ4n) is 1.78. The molecule has 3 N–H and O–H groups in total. The van der Waals surface area contributed by atoms with Gasteiger partial charge in [0.2, 0.25) is 0 Å². The Labute approximate surface area is 142 Å². The van der Waals surface area contributed by atoms with Crippen molar-refractivity contribution in [1.82, 2.24) is 0 Å². The highest BCUT2D eigenvalue weighted by atomic mass is 127. The average molecular weight is 437 g/mol. The van der Waals surface area contributed by atoms with Crippen LogP contribution in [-0.2, 0) is 16.4 Å². The van der Waals surface area contributed by atoms with E-state index >= 15 is 0 Å². The second-order valence-corrected chi connectivity index (χ2v) is 7.75. The number of nitrogens with one attached hydrogen (secondary N) is 1. The van der Waals surface area contributed by atoms with Gasteiger partial charge in [-0.2, -0.15) is 0 Å². The van der Waals surface area contributed by atoms with Crippen LogP contribution in [0, 0.1) is 3.57 Å². The standard InChI is InChI=1S/C14H14ClIN2O2S/c15-13-9-11(16)3-6-14(13)18-21(19,20)12-4-1-10(2-5-12)7-8-17/h1-6,9,18H,7-8,17H2. The van der Waals surface area contributed by atoms with E-state index in [1.54, 1.807) is 42.5 Å². The zero-order valence-corrected chi connectivity index (χ0v) is 14.7. The molecule has 0 aliphatic heterocycles. The van der Waals surface area contributed by atoms with E-state index < -0.39 is 10.0 Å². The van der Waals surface area contributed by atoms with E-state index in [1.807, 2.05) is 0 Å². The lowest BCUT2D eigenvalue weighted by Crippen LogP contribution is -2.13. The normalized spacial score (nSPS) is 11.4. The van der Waals surface area contributed by atoms with E-state index in [2.05, 4.69) is 27.3 Å². The molecule has 0 heterocycles. The topological polar surface area (TPSA) is 72.2 Å². The van der Waals surface area contributed by atoms with Crippen molar-refractivity contribution in [3.63, 3.8) is 0 Å². The third-order valence-electron chi connectivity index (χ3n) is 2.84. The molecule has 0 atom stereocenters. The maximum absolute atomic E-state index is 12.3. The highest BCUT2D eigenvalue weighted by Gasteiger charge is 2.15. The number of halogens is 2. The van der Waals surface area contributed by atoms with Gasteiger partial charge in [0, 0.05) is 3.57 Å². The van der Waals surface area contributed by atoms with Crippen LogP contribution in [0.15, 0.2) is 47.4 Å². The SMILES string of the molecule is NCCc1ccc(S(=O)(=O)Nc2ccc(I)cc2Cl)cc1. The summed E-state index contributed by atoms with van der Waals surface area (Å²) in [5, 5.41) is 0.366. The molecule has 21 heavy (non-hydrogen) atoms. The number of hydrogen-bond donors (Lipinski definition) is 2. The zero-order chi connectivity index (χ0) is 15.5. The van der Waals surface area contributed by atoms with Gasteiger partial charge in [-0.15, -0.1) is 0 Å². The van der Waals surface area contributed by atoms with E-state index in [4.69, 9.17) is 17.3 Å². The molecular formula is C14H14ClIN2O2S. The Morgan fingerprint density at radius 2 is 1.81 bits per heavy atom. The molecule has 0 aliphatic carbocycles. The maximum atomic E-state index is 12.3. The van der Waals surface area contributed by atoms with Gasteiger partial charge < -0.3 is 5.73 Å². The quantitative estimate of drug-likeness (QED) is 0.707. The summed E-state index contributed by atoms with van der Waals surface area (Å²) in [6, 6.07) is 11.8. The molecule has 2 rings (SSSR count). The first-order chi connectivity index (χ1) is 9.92. The summed E-state index contributed by atoms with van der Waals surface area (Å²) in [5.74, 6) is 0. The summed E-state index contributed by atoms with van der Waals surface area (Å²) in [4.78, 5) is 0.192. The Bertz CT molecular complexity index is 733. The van der Waals surface area contributed by atoms with Gasteiger partial charge in [0.05, 0.1) is 15.6 Å². The van der Waals surface area contributed by atoms with Gasteiger partial charge in [-0.3, -0.25) is 4.72 Å². The molecule has 0 fully saturated rings. The van der Waals surface area contributed by atoms with E-state index in [0.29, 0.717) is 17.3 Å². The van der Waals surface area contributed by atoms with Crippen molar-refractivity contribution < 1.29 is 8.42 Å². The van der Waals surface area contributed by atoms with Crippen LogP contribution in [0.25, 0.3) is 0 Å². The first-order valence-corrected chi connectivity index (χ1v) is 9.13. The van der Waals surface area contributed by atoms with Gasteiger partial charge in [0.25, 0.3) is 10.0 Å². The van der Waals surface area contributed by atoms with Crippen molar-refractivity contribution in [3.05, 3.63) is 56.6 Å². The average Bonchev–Trinajstić information content (AvgIpc) is 2.43. The molecular weight excluding hydrogens is 423 g/mol. The van der Waals surface area contributed by atoms with Crippen molar-refractivity contribution in [1.29, 1.82) is 0 Å². The molecule has 2 aromatic carbocycles. The van der Waals surface area contributed by atoms with Crippen molar-refractivity contribution >= 4 is 49.9 Å². The summed E-state index contributed by atoms with van der Waals surface area (Å²) >= 11 is 8.15. The minimum absolute atomic E-state index is 0.192. The molecule has 0 radical (unpaired) electrons. The predicted octanol–water partition coefficient (Wildman–Crippen LogP) is 3.25. The van der Waals surface area contributed by atoms with Crippen LogP contribution in [0.4, 0.5) is 5.69 Å². The summed E-state index contributed by atoms with van der Waals surface area (Å²) < 4.78 is 28.1. The summed E-state index contributed by atoms with van der Waals surface area (Å²) in [5.41, 5.74) is 6.84. The Kier molecular flexibility index (Phi) is 5.48. The summed E-state index contributed by atoms with van der Waals surface area (Å²) in [6.45, 7) is 0.530. The first kappa shape index (κ1) is 16.5. The van der Waals surface area contributed by atoms with E-state index in [9.17, 15) is 8.42 Å². The van der Waals surface area contributed by atoms with Crippen molar-refractivity contribution in [3.8, 4) is 0 Å². The van der Waals surface area contributed by atoms with E-state index in [1.165, 1.54) is 0 Å². The molecule has 0 aliphatic rings. The van der Waals surface area contributed by atoms with Crippen LogP contribution in [0.5, 0.6) is 0 Å². The molecule has 0 amide bonds. The van der Waals surface area contributed by atoms with Crippen molar-refractivity contribution in [2.45, 2.75) is 11.3 Å². The summed E-state index contributed by atoms with van der Waals surface area (Å²) in [6.07, 6.45) is 0.719.